The van der Waals surface area contributed by atoms with E-state index >= 15 is 0 Å². The molecule has 0 unspecified atom stereocenters. The van der Waals surface area contributed by atoms with E-state index in [4.69, 9.17) is 34.8 Å². The van der Waals surface area contributed by atoms with E-state index in [-0.39, 0.29) is 5.56 Å². The fraction of sp³-hybridized carbons (Fsp3) is 0.100. The molecule has 0 saturated carbocycles. The SMILES string of the molecule is O=c1ccsn1C(Cl)(Cl)c1ccccc1Cl. The summed E-state index contributed by atoms with van der Waals surface area (Å²) in [5.41, 5.74) is 0.236. The zero-order chi connectivity index (χ0) is 11.8. The lowest BCUT2D eigenvalue weighted by molar-refractivity contribution is 0.738. The Bertz CT molecular complexity index is 561. The van der Waals surface area contributed by atoms with Crippen molar-refractivity contribution in [1.29, 1.82) is 0 Å². The summed E-state index contributed by atoms with van der Waals surface area (Å²) < 4.78 is -0.207. The second-order valence-corrected chi connectivity index (χ2v) is 5.60. The molecule has 0 bridgehead atoms. The fourth-order valence-corrected chi connectivity index (χ4v) is 3.09. The minimum atomic E-state index is -1.47. The van der Waals surface area contributed by atoms with Gasteiger partial charge in [-0.3, -0.25) is 4.79 Å². The summed E-state index contributed by atoms with van der Waals surface area (Å²) in [7, 11) is 0. The maximum absolute atomic E-state index is 11.5. The Balaban J connectivity index is 2.60. The van der Waals surface area contributed by atoms with Crippen molar-refractivity contribution in [3.8, 4) is 0 Å². The summed E-state index contributed by atoms with van der Waals surface area (Å²) >= 11 is 19.5. The van der Waals surface area contributed by atoms with E-state index < -0.39 is 4.46 Å². The van der Waals surface area contributed by atoms with Gasteiger partial charge in [-0.05, 0) is 6.07 Å². The summed E-state index contributed by atoms with van der Waals surface area (Å²) in [6.07, 6.45) is 0. The zero-order valence-corrected chi connectivity index (χ0v) is 10.9. The van der Waals surface area contributed by atoms with Crippen LogP contribution in [0.3, 0.4) is 0 Å². The van der Waals surface area contributed by atoms with Gasteiger partial charge in [-0.15, -0.1) is 0 Å². The first-order chi connectivity index (χ1) is 7.53. The second kappa shape index (κ2) is 4.41. The molecule has 1 heterocycles. The fourth-order valence-electron chi connectivity index (χ4n) is 1.29. The number of halogens is 3. The standard InChI is InChI=1S/C10H6Cl3NOS/c11-8-4-2-1-3-7(8)10(12,13)14-9(15)5-6-16-14/h1-6H. The number of benzene rings is 1. The highest BCUT2D eigenvalue weighted by molar-refractivity contribution is 7.04. The van der Waals surface area contributed by atoms with Crippen LogP contribution in [0, 0.1) is 0 Å². The lowest BCUT2D eigenvalue weighted by Crippen LogP contribution is -2.28. The molecule has 84 valence electrons. The molecule has 6 heteroatoms. The minimum Gasteiger partial charge on any atom is -0.268 e. The molecular weight excluding hydrogens is 289 g/mol. The monoisotopic (exact) mass is 293 g/mol. The normalized spacial score (nSPS) is 11.7. The van der Waals surface area contributed by atoms with Gasteiger partial charge in [-0.1, -0.05) is 64.5 Å². The number of nitrogens with zero attached hydrogens (tertiary/aromatic N) is 1. The molecule has 16 heavy (non-hydrogen) atoms. The molecule has 0 fully saturated rings. The Hall–Kier alpha value is -0.480. The van der Waals surface area contributed by atoms with Crippen LogP contribution in [0.4, 0.5) is 0 Å². The average Bonchev–Trinajstić information content (AvgIpc) is 2.65. The van der Waals surface area contributed by atoms with Crippen LogP contribution < -0.4 is 5.56 Å². The zero-order valence-electron chi connectivity index (χ0n) is 7.86. The van der Waals surface area contributed by atoms with Crippen molar-refractivity contribution in [2.45, 2.75) is 4.46 Å². The summed E-state index contributed by atoms with van der Waals surface area (Å²) in [4.78, 5) is 11.5. The van der Waals surface area contributed by atoms with Crippen molar-refractivity contribution in [3.05, 3.63) is 56.7 Å². The summed E-state index contributed by atoms with van der Waals surface area (Å²) in [5.74, 6) is 0. The van der Waals surface area contributed by atoms with Gasteiger partial charge in [0.1, 0.15) is 0 Å². The van der Waals surface area contributed by atoms with Gasteiger partial charge >= 0.3 is 0 Å². The van der Waals surface area contributed by atoms with Crippen LogP contribution in [-0.2, 0) is 4.46 Å². The van der Waals surface area contributed by atoms with E-state index in [0.29, 0.717) is 10.6 Å². The Morgan fingerprint density at radius 1 is 1.19 bits per heavy atom. The van der Waals surface area contributed by atoms with Crippen LogP contribution in [0.1, 0.15) is 5.56 Å². The Kier molecular flexibility index (Phi) is 3.31. The molecule has 0 spiro atoms. The quantitative estimate of drug-likeness (QED) is 0.774. The molecule has 0 aliphatic heterocycles. The van der Waals surface area contributed by atoms with Crippen LogP contribution in [-0.4, -0.2) is 3.96 Å². The highest BCUT2D eigenvalue weighted by Gasteiger charge is 2.32. The lowest BCUT2D eigenvalue weighted by Gasteiger charge is -2.21. The third-order valence-electron chi connectivity index (χ3n) is 2.03. The van der Waals surface area contributed by atoms with E-state index in [9.17, 15) is 4.79 Å². The van der Waals surface area contributed by atoms with Crippen LogP contribution in [0.25, 0.3) is 0 Å². The van der Waals surface area contributed by atoms with Gasteiger partial charge in [0, 0.05) is 22.0 Å². The molecule has 0 radical (unpaired) electrons. The Morgan fingerprint density at radius 3 is 2.44 bits per heavy atom. The molecule has 0 saturated heterocycles. The highest BCUT2D eigenvalue weighted by Crippen LogP contribution is 2.39. The van der Waals surface area contributed by atoms with Crippen LogP contribution in [0.15, 0.2) is 40.5 Å². The maximum Gasteiger partial charge on any atom is 0.263 e. The van der Waals surface area contributed by atoms with Gasteiger partial charge in [0.05, 0.1) is 0 Å². The molecule has 0 amide bonds. The number of rotatable bonds is 2. The number of hydrogen-bond donors (Lipinski definition) is 0. The van der Waals surface area contributed by atoms with Gasteiger partial charge in [0.25, 0.3) is 5.56 Å². The predicted molar refractivity (Wildman–Crippen MR) is 68.8 cm³/mol. The topological polar surface area (TPSA) is 22.0 Å². The molecule has 2 aromatic rings. The van der Waals surface area contributed by atoms with E-state index in [1.807, 2.05) is 0 Å². The first kappa shape index (κ1) is 12.0. The Labute approximate surface area is 111 Å². The summed E-state index contributed by atoms with van der Waals surface area (Å²) in [6.45, 7) is 0. The maximum atomic E-state index is 11.5. The van der Waals surface area contributed by atoms with Gasteiger partial charge in [0.15, 0.2) is 0 Å². The third-order valence-corrected chi connectivity index (χ3v) is 4.23. The van der Waals surface area contributed by atoms with Crippen molar-refractivity contribution < 1.29 is 0 Å². The third kappa shape index (κ3) is 2.00. The van der Waals surface area contributed by atoms with Crippen LogP contribution in [0.2, 0.25) is 5.02 Å². The number of hydrogen-bond acceptors (Lipinski definition) is 2. The van der Waals surface area contributed by atoms with Gasteiger partial charge in [-0.2, -0.15) is 0 Å². The Morgan fingerprint density at radius 2 is 1.88 bits per heavy atom. The molecule has 1 aromatic heterocycles. The van der Waals surface area contributed by atoms with E-state index in [0.717, 1.165) is 11.5 Å². The highest BCUT2D eigenvalue weighted by atomic mass is 35.5. The molecule has 2 rings (SSSR count). The van der Waals surface area contributed by atoms with Crippen molar-refractivity contribution >= 4 is 46.3 Å². The van der Waals surface area contributed by atoms with Crippen molar-refractivity contribution in [2.24, 2.45) is 0 Å². The van der Waals surface area contributed by atoms with E-state index in [1.54, 1.807) is 29.6 Å². The predicted octanol–water partition coefficient (Wildman–Crippen LogP) is 3.70. The average molecular weight is 295 g/mol. The van der Waals surface area contributed by atoms with Gasteiger partial charge in [-0.25, -0.2) is 3.96 Å². The van der Waals surface area contributed by atoms with Crippen LogP contribution >= 0.6 is 46.3 Å². The number of aromatic nitrogens is 1. The van der Waals surface area contributed by atoms with E-state index in [2.05, 4.69) is 0 Å². The molecule has 0 N–H and O–H groups in total. The lowest BCUT2D eigenvalue weighted by atomic mass is 10.2. The first-order valence-electron chi connectivity index (χ1n) is 4.34. The summed E-state index contributed by atoms with van der Waals surface area (Å²) in [5, 5.41) is 2.05. The van der Waals surface area contributed by atoms with Crippen LogP contribution in [0.5, 0.6) is 0 Å². The number of alkyl halides is 2. The summed E-state index contributed by atoms with van der Waals surface area (Å²) in [6, 6.07) is 8.30. The van der Waals surface area contributed by atoms with Crippen molar-refractivity contribution in [3.63, 3.8) is 0 Å². The first-order valence-corrected chi connectivity index (χ1v) is 6.31. The smallest absolute Gasteiger partial charge is 0.263 e. The van der Waals surface area contributed by atoms with E-state index in [1.165, 1.54) is 10.0 Å². The molecular formula is C10H6Cl3NOS. The molecule has 1 aromatic carbocycles. The van der Waals surface area contributed by atoms with Gasteiger partial charge in [0.2, 0.25) is 4.46 Å². The molecule has 0 aliphatic rings. The molecule has 0 atom stereocenters. The van der Waals surface area contributed by atoms with Crippen molar-refractivity contribution in [1.82, 2.24) is 3.96 Å². The van der Waals surface area contributed by atoms with Crippen molar-refractivity contribution in [2.75, 3.05) is 0 Å². The largest absolute Gasteiger partial charge is 0.268 e. The minimum absolute atomic E-state index is 0.255. The van der Waals surface area contributed by atoms with Gasteiger partial charge < -0.3 is 0 Å². The molecule has 2 nitrogen and oxygen atoms in total. The molecule has 0 aliphatic carbocycles. The second-order valence-electron chi connectivity index (χ2n) is 3.06.